The van der Waals surface area contributed by atoms with Crippen LogP contribution in [0.15, 0.2) is 10.9 Å². The van der Waals surface area contributed by atoms with Gasteiger partial charge in [-0.2, -0.15) is 0 Å². The molecule has 8 heteroatoms. The third kappa shape index (κ3) is 2.56. The van der Waals surface area contributed by atoms with E-state index in [1.165, 1.54) is 0 Å². The van der Waals surface area contributed by atoms with E-state index in [0.717, 1.165) is 0 Å². The molecule has 22 heavy (non-hydrogen) atoms. The maximum Gasteiger partial charge on any atom is 0.261 e. The van der Waals surface area contributed by atoms with Gasteiger partial charge in [0.15, 0.2) is 9.84 Å². The summed E-state index contributed by atoms with van der Waals surface area (Å²) < 4.78 is 23.7. The first kappa shape index (κ1) is 15.2. The first-order chi connectivity index (χ1) is 10.3. The second kappa shape index (κ2) is 5.20. The van der Waals surface area contributed by atoms with Gasteiger partial charge in [0.25, 0.3) is 11.5 Å². The lowest BCUT2D eigenvalue weighted by Gasteiger charge is -2.37. The number of nitrogens with one attached hydrogen (secondary N) is 2. The molecular weight excluding hydrogens is 306 g/mol. The number of nitrogens with zero attached hydrogens (tertiary/aromatic N) is 1. The monoisotopic (exact) mass is 325 g/mol. The van der Waals surface area contributed by atoms with Crippen LogP contribution in [-0.2, 0) is 9.84 Å². The van der Waals surface area contributed by atoms with Crippen LogP contribution < -0.4 is 10.9 Å². The predicted octanol–water partition coefficient (Wildman–Crippen LogP) is -0.797. The van der Waals surface area contributed by atoms with Crippen LogP contribution in [0.4, 0.5) is 0 Å². The topological polar surface area (TPSA) is 99.3 Å². The van der Waals surface area contributed by atoms with Crippen LogP contribution >= 0.6 is 0 Å². The summed E-state index contributed by atoms with van der Waals surface area (Å²) in [6, 6.07) is 1.11. The van der Waals surface area contributed by atoms with Crippen LogP contribution in [0.1, 0.15) is 21.6 Å². The Kier molecular flexibility index (Phi) is 3.60. The summed E-state index contributed by atoms with van der Waals surface area (Å²) in [6.45, 7) is 4.42. The molecule has 2 aliphatic heterocycles. The average molecular weight is 325 g/mol. The number of hydrogen-bond donors (Lipinski definition) is 2. The van der Waals surface area contributed by atoms with E-state index in [0.29, 0.717) is 24.3 Å². The number of carbonyl (C=O) groups is 1. The fraction of sp³-hybridized carbons (Fsp3) is 0.571. The summed E-state index contributed by atoms with van der Waals surface area (Å²) in [5.41, 5.74) is 0.997. The molecule has 2 atom stereocenters. The number of aromatic amines is 1. The van der Waals surface area contributed by atoms with Gasteiger partial charge in [0.05, 0.1) is 17.5 Å². The molecule has 1 aromatic heterocycles. The zero-order chi connectivity index (χ0) is 16.1. The Morgan fingerprint density at radius 2 is 2.05 bits per heavy atom. The van der Waals surface area contributed by atoms with Crippen LogP contribution in [0, 0.1) is 13.8 Å². The zero-order valence-corrected chi connectivity index (χ0v) is 13.4. The number of hydrogen-bond acceptors (Lipinski definition) is 5. The molecule has 2 saturated heterocycles. The highest BCUT2D eigenvalue weighted by Crippen LogP contribution is 2.23. The molecular formula is C14H19N3O4S. The molecule has 0 unspecified atom stereocenters. The normalized spacial score (nSPS) is 26.7. The molecule has 1 aromatic rings. The molecule has 0 aliphatic carbocycles. The van der Waals surface area contributed by atoms with Crippen molar-refractivity contribution in [3.8, 4) is 0 Å². The summed E-state index contributed by atoms with van der Waals surface area (Å²) in [5, 5.41) is 3.15. The summed E-state index contributed by atoms with van der Waals surface area (Å²) in [6.07, 6.45) is 0. The molecule has 0 saturated carbocycles. The van der Waals surface area contributed by atoms with Gasteiger partial charge in [0, 0.05) is 24.8 Å². The Balaban J connectivity index is 1.97. The summed E-state index contributed by atoms with van der Waals surface area (Å²) in [5.74, 6) is -0.378. The van der Waals surface area contributed by atoms with Crippen molar-refractivity contribution in [2.24, 2.45) is 0 Å². The van der Waals surface area contributed by atoms with E-state index in [2.05, 4.69) is 10.3 Å². The average Bonchev–Trinajstić information content (AvgIpc) is 2.70. The van der Waals surface area contributed by atoms with E-state index < -0.39 is 21.4 Å². The van der Waals surface area contributed by atoms with Crippen LogP contribution in [0.5, 0.6) is 0 Å². The molecule has 2 fully saturated rings. The number of piperazine rings is 1. The minimum Gasteiger partial charge on any atom is -0.332 e. The van der Waals surface area contributed by atoms with Gasteiger partial charge in [-0.15, -0.1) is 0 Å². The Morgan fingerprint density at radius 3 is 2.73 bits per heavy atom. The van der Waals surface area contributed by atoms with E-state index >= 15 is 0 Å². The Morgan fingerprint density at radius 1 is 1.32 bits per heavy atom. The van der Waals surface area contributed by atoms with Crippen molar-refractivity contribution in [1.29, 1.82) is 0 Å². The number of carbonyl (C=O) groups excluding carboxylic acids is 1. The summed E-state index contributed by atoms with van der Waals surface area (Å²) >= 11 is 0. The van der Waals surface area contributed by atoms with E-state index in [9.17, 15) is 18.0 Å². The molecule has 120 valence electrons. The number of pyridine rings is 1. The van der Waals surface area contributed by atoms with Crippen LogP contribution in [0.25, 0.3) is 0 Å². The van der Waals surface area contributed by atoms with Crippen molar-refractivity contribution >= 4 is 15.7 Å². The molecule has 7 nitrogen and oxygen atoms in total. The highest BCUT2D eigenvalue weighted by molar-refractivity contribution is 7.91. The second-order valence-corrected chi connectivity index (χ2v) is 8.20. The SMILES string of the molecule is Cc1cc(C)c(C(=O)N2CCN[C@@H]3CS(=O)(=O)C[C@@H]32)c(=O)[nH]1. The summed E-state index contributed by atoms with van der Waals surface area (Å²) in [7, 11) is -3.15. The van der Waals surface area contributed by atoms with Gasteiger partial charge in [0.1, 0.15) is 5.56 Å². The molecule has 0 radical (unpaired) electrons. The minimum absolute atomic E-state index is 0.0424. The minimum atomic E-state index is -3.15. The van der Waals surface area contributed by atoms with Gasteiger partial charge in [-0.1, -0.05) is 0 Å². The maximum absolute atomic E-state index is 12.8. The number of aromatic nitrogens is 1. The molecule has 3 heterocycles. The molecule has 2 N–H and O–H groups in total. The number of H-pyrrole nitrogens is 1. The number of sulfone groups is 1. The van der Waals surface area contributed by atoms with Crippen molar-refractivity contribution in [1.82, 2.24) is 15.2 Å². The number of amides is 1. The van der Waals surface area contributed by atoms with Gasteiger partial charge < -0.3 is 15.2 Å². The highest BCUT2D eigenvalue weighted by atomic mass is 32.2. The third-order valence-electron chi connectivity index (χ3n) is 4.32. The molecule has 2 aliphatic rings. The standard InChI is InChI=1S/C14H19N3O4S/c1-8-5-9(2)16-13(18)12(8)14(19)17-4-3-15-10-6-22(20,21)7-11(10)17/h5,10-11,15H,3-4,6-7H2,1-2H3,(H,16,18)/t10-,11+/m1/s1. The Hall–Kier alpha value is -1.67. The number of rotatable bonds is 1. The number of fused-ring (bicyclic) bond motifs is 1. The molecule has 3 rings (SSSR count). The first-order valence-corrected chi connectivity index (χ1v) is 9.06. The smallest absolute Gasteiger partial charge is 0.261 e. The second-order valence-electron chi connectivity index (χ2n) is 6.04. The Bertz CT molecular complexity index is 784. The molecule has 0 spiro atoms. The largest absolute Gasteiger partial charge is 0.332 e. The van der Waals surface area contributed by atoms with Gasteiger partial charge in [-0.25, -0.2) is 8.42 Å². The lowest BCUT2D eigenvalue weighted by atomic mass is 10.0. The van der Waals surface area contributed by atoms with Crippen molar-refractivity contribution in [2.75, 3.05) is 24.6 Å². The van der Waals surface area contributed by atoms with Crippen molar-refractivity contribution < 1.29 is 13.2 Å². The lowest BCUT2D eigenvalue weighted by Crippen LogP contribution is -2.59. The molecule has 0 bridgehead atoms. The van der Waals surface area contributed by atoms with Gasteiger partial charge in [-0.3, -0.25) is 9.59 Å². The zero-order valence-electron chi connectivity index (χ0n) is 12.5. The summed E-state index contributed by atoms with van der Waals surface area (Å²) in [4.78, 5) is 29.1. The van der Waals surface area contributed by atoms with Gasteiger partial charge in [-0.05, 0) is 25.5 Å². The Labute approximate surface area is 128 Å². The van der Waals surface area contributed by atoms with Gasteiger partial charge in [0.2, 0.25) is 0 Å². The third-order valence-corrected chi connectivity index (χ3v) is 6.04. The predicted molar refractivity (Wildman–Crippen MR) is 81.8 cm³/mol. The van der Waals surface area contributed by atoms with E-state index in [4.69, 9.17) is 0 Å². The fourth-order valence-corrected chi connectivity index (χ4v) is 5.34. The van der Waals surface area contributed by atoms with Gasteiger partial charge >= 0.3 is 0 Å². The van der Waals surface area contributed by atoms with Crippen molar-refractivity contribution in [3.05, 3.63) is 33.2 Å². The first-order valence-electron chi connectivity index (χ1n) is 7.24. The van der Waals surface area contributed by atoms with E-state index in [-0.39, 0.29) is 29.0 Å². The molecule has 1 amide bonds. The van der Waals surface area contributed by atoms with E-state index in [1.807, 2.05) is 0 Å². The number of aryl methyl sites for hydroxylation is 2. The lowest BCUT2D eigenvalue weighted by molar-refractivity contribution is 0.0619. The molecule has 0 aromatic carbocycles. The van der Waals surface area contributed by atoms with Crippen molar-refractivity contribution in [2.45, 2.75) is 25.9 Å². The quantitative estimate of drug-likeness (QED) is 0.704. The fourth-order valence-electron chi connectivity index (χ4n) is 3.38. The highest BCUT2D eigenvalue weighted by Gasteiger charge is 2.45. The maximum atomic E-state index is 12.8. The van der Waals surface area contributed by atoms with E-state index in [1.54, 1.807) is 24.8 Å². The van der Waals surface area contributed by atoms with Crippen LogP contribution in [0.2, 0.25) is 0 Å². The van der Waals surface area contributed by atoms with Crippen molar-refractivity contribution in [3.63, 3.8) is 0 Å². The van der Waals surface area contributed by atoms with Crippen LogP contribution in [-0.4, -0.2) is 60.9 Å². The van der Waals surface area contributed by atoms with Crippen LogP contribution in [0.3, 0.4) is 0 Å².